The second-order valence-corrected chi connectivity index (χ2v) is 6.22. The number of phenols is 2. The van der Waals surface area contributed by atoms with E-state index in [1.165, 1.54) is 28.4 Å². The Labute approximate surface area is 155 Å². The summed E-state index contributed by atoms with van der Waals surface area (Å²) in [7, 11) is 5.84. The number of fused-ring (bicyclic) bond motifs is 5. The fraction of sp³-hybridized carbons (Fsp3) is 0.368. The van der Waals surface area contributed by atoms with Crippen LogP contribution in [-0.2, 0) is 0 Å². The highest BCUT2D eigenvalue weighted by atomic mass is 16.6. The molecule has 2 N–H and O–H groups in total. The lowest BCUT2D eigenvalue weighted by Crippen LogP contribution is -2.23. The summed E-state index contributed by atoms with van der Waals surface area (Å²) in [6.07, 6.45) is -0.449. The average molecular weight is 376 g/mol. The van der Waals surface area contributed by atoms with Crippen LogP contribution in [0.4, 0.5) is 0 Å². The summed E-state index contributed by atoms with van der Waals surface area (Å²) in [4.78, 5) is 0. The van der Waals surface area contributed by atoms with Crippen molar-refractivity contribution >= 4 is 0 Å². The Morgan fingerprint density at radius 2 is 1.30 bits per heavy atom. The van der Waals surface area contributed by atoms with E-state index in [9.17, 15) is 10.2 Å². The first-order valence-corrected chi connectivity index (χ1v) is 8.30. The fourth-order valence-corrected chi connectivity index (χ4v) is 3.78. The number of aromatic hydroxyl groups is 2. The van der Waals surface area contributed by atoms with Crippen LogP contribution in [0.1, 0.15) is 23.1 Å². The van der Waals surface area contributed by atoms with E-state index >= 15 is 0 Å². The van der Waals surface area contributed by atoms with Gasteiger partial charge < -0.3 is 38.6 Å². The van der Waals surface area contributed by atoms with Crippen LogP contribution in [0.25, 0.3) is 0 Å². The molecule has 0 radical (unpaired) electrons. The van der Waals surface area contributed by atoms with Gasteiger partial charge in [-0.25, -0.2) is 0 Å². The minimum absolute atomic E-state index is 0.0432. The van der Waals surface area contributed by atoms with Gasteiger partial charge in [0.05, 0.1) is 41.0 Å². The van der Waals surface area contributed by atoms with Crippen molar-refractivity contribution in [1.29, 1.82) is 0 Å². The number of methoxy groups -OCH3 is 4. The van der Waals surface area contributed by atoms with Crippen molar-refractivity contribution in [2.45, 2.75) is 12.0 Å². The Bertz CT molecular complexity index is 908. The van der Waals surface area contributed by atoms with Crippen molar-refractivity contribution in [2.75, 3.05) is 35.0 Å². The molecule has 2 aromatic carbocycles. The third-order valence-corrected chi connectivity index (χ3v) is 4.94. The van der Waals surface area contributed by atoms with Gasteiger partial charge in [0.25, 0.3) is 0 Å². The number of phenolic OH excluding ortho intramolecular Hbond substituents is 2. The van der Waals surface area contributed by atoms with Crippen LogP contribution in [0.3, 0.4) is 0 Å². The summed E-state index contributed by atoms with van der Waals surface area (Å²) < 4.78 is 33.4. The Hall–Kier alpha value is -3.16. The lowest BCUT2D eigenvalue weighted by molar-refractivity contribution is 0.132. The van der Waals surface area contributed by atoms with E-state index in [0.717, 1.165) is 5.56 Å². The van der Waals surface area contributed by atoms with Crippen LogP contribution in [0.15, 0.2) is 12.1 Å². The molecule has 4 rings (SSSR count). The molecule has 0 unspecified atom stereocenters. The van der Waals surface area contributed by atoms with E-state index in [0.29, 0.717) is 35.2 Å². The number of ether oxygens (including phenoxy) is 6. The molecule has 8 nitrogen and oxygen atoms in total. The average Bonchev–Trinajstić information content (AvgIpc) is 3.04. The first-order chi connectivity index (χ1) is 13.0. The molecular weight excluding hydrogens is 356 g/mol. The lowest BCUT2D eigenvalue weighted by Gasteiger charge is -2.29. The van der Waals surface area contributed by atoms with E-state index in [1.807, 2.05) is 0 Å². The van der Waals surface area contributed by atoms with Gasteiger partial charge in [0.2, 0.25) is 23.0 Å². The van der Waals surface area contributed by atoms with Crippen molar-refractivity contribution in [3.8, 4) is 46.0 Å². The lowest BCUT2D eigenvalue weighted by atomic mass is 9.88. The standard InChI is InChI=1S/C19H20O8/c1-22-16-12(21)6-9-13-10(7-26-14(9)18(16)24-3)8-5-11(20)17(23-2)19(25-4)15(8)27-13/h5-6,10,13,20-21H,7H2,1-4H3/t10-,13-/m1/s1. The summed E-state index contributed by atoms with van der Waals surface area (Å²) in [5.41, 5.74) is 1.37. The van der Waals surface area contributed by atoms with Crippen LogP contribution >= 0.6 is 0 Å². The molecule has 0 saturated carbocycles. The molecule has 0 amide bonds. The van der Waals surface area contributed by atoms with Crippen molar-refractivity contribution in [2.24, 2.45) is 0 Å². The van der Waals surface area contributed by atoms with Crippen LogP contribution in [0, 0.1) is 0 Å². The largest absolute Gasteiger partial charge is 0.504 e. The zero-order valence-corrected chi connectivity index (χ0v) is 15.4. The highest BCUT2D eigenvalue weighted by molar-refractivity contribution is 5.68. The molecule has 2 aliphatic heterocycles. The van der Waals surface area contributed by atoms with Crippen molar-refractivity contribution in [3.63, 3.8) is 0 Å². The summed E-state index contributed by atoms with van der Waals surface area (Å²) in [5.74, 6) is 1.63. The van der Waals surface area contributed by atoms with Crippen LogP contribution in [0.5, 0.6) is 46.0 Å². The molecule has 2 aliphatic rings. The molecule has 0 aliphatic carbocycles. The smallest absolute Gasteiger partial charge is 0.207 e. The molecule has 27 heavy (non-hydrogen) atoms. The van der Waals surface area contributed by atoms with Crippen LogP contribution in [-0.4, -0.2) is 45.3 Å². The van der Waals surface area contributed by atoms with Gasteiger partial charge in [0.15, 0.2) is 23.0 Å². The Balaban J connectivity index is 1.87. The molecule has 0 saturated heterocycles. The minimum Gasteiger partial charge on any atom is -0.504 e. The maximum atomic E-state index is 10.3. The van der Waals surface area contributed by atoms with E-state index in [-0.39, 0.29) is 28.9 Å². The number of benzene rings is 2. The van der Waals surface area contributed by atoms with Gasteiger partial charge in [-0.05, 0) is 12.1 Å². The maximum Gasteiger partial charge on any atom is 0.207 e. The minimum atomic E-state index is -0.449. The van der Waals surface area contributed by atoms with Crippen LogP contribution < -0.4 is 28.4 Å². The van der Waals surface area contributed by atoms with Gasteiger partial charge >= 0.3 is 0 Å². The predicted octanol–water partition coefficient (Wildman–Crippen LogP) is 2.74. The third kappa shape index (κ3) is 2.29. The zero-order valence-electron chi connectivity index (χ0n) is 15.4. The third-order valence-electron chi connectivity index (χ3n) is 4.94. The maximum absolute atomic E-state index is 10.3. The molecular formula is C19H20O8. The van der Waals surface area contributed by atoms with Crippen LogP contribution in [0.2, 0.25) is 0 Å². The fourth-order valence-electron chi connectivity index (χ4n) is 3.78. The molecule has 144 valence electrons. The van der Waals surface area contributed by atoms with Crippen molar-refractivity contribution in [3.05, 3.63) is 23.3 Å². The van der Waals surface area contributed by atoms with Gasteiger partial charge in [-0.1, -0.05) is 0 Å². The predicted molar refractivity (Wildman–Crippen MR) is 94.0 cm³/mol. The van der Waals surface area contributed by atoms with E-state index < -0.39 is 6.10 Å². The number of hydrogen-bond acceptors (Lipinski definition) is 8. The quantitative estimate of drug-likeness (QED) is 0.841. The highest BCUT2D eigenvalue weighted by Crippen LogP contribution is 2.61. The number of rotatable bonds is 4. The Morgan fingerprint density at radius 3 is 1.85 bits per heavy atom. The van der Waals surface area contributed by atoms with Gasteiger partial charge in [-0.15, -0.1) is 0 Å². The van der Waals surface area contributed by atoms with Crippen molar-refractivity contribution < 1.29 is 38.6 Å². The van der Waals surface area contributed by atoms with E-state index in [4.69, 9.17) is 28.4 Å². The summed E-state index contributed by atoms with van der Waals surface area (Å²) in [6, 6.07) is 3.14. The van der Waals surface area contributed by atoms with Gasteiger partial charge in [0, 0.05) is 11.1 Å². The summed E-state index contributed by atoms with van der Waals surface area (Å²) >= 11 is 0. The van der Waals surface area contributed by atoms with Gasteiger partial charge in [-0.3, -0.25) is 0 Å². The first kappa shape index (κ1) is 17.3. The molecule has 2 atom stereocenters. The Morgan fingerprint density at radius 1 is 0.778 bits per heavy atom. The number of hydrogen-bond donors (Lipinski definition) is 2. The SMILES string of the molecule is COc1c(O)cc2c(c1OC)O[C@@H]1c3cc(O)c(OC)c(OC)c3OC[C@H]21. The summed E-state index contributed by atoms with van der Waals surface area (Å²) in [5, 5.41) is 20.6. The normalized spacial score (nSPS) is 19.1. The topological polar surface area (TPSA) is 95.8 Å². The molecule has 8 heteroatoms. The summed E-state index contributed by atoms with van der Waals surface area (Å²) in [6.45, 7) is 0.296. The highest BCUT2D eigenvalue weighted by Gasteiger charge is 2.45. The molecule has 0 spiro atoms. The second kappa shape index (κ2) is 6.22. The Kier molecular flexibility index (Phi) is 3.98. The van der Waals surface area contributed by atoms with Gasteiger partial charge in [-0.2, -0.15) is 0 Å². The molecule has 0 bridgehead atoms. The molecule has 0 aromatic heterocycles. The molecule has 2 aromatic rings. The molecule has 2 heterocycles. The molecule has 0 fully saturated rings. The second-order valence-electron chi connectivity index (χ2n) is 6.22. The first-order valence-electron chi connectivity index (χ1n) is 8.30. The van der Waals surface area contributed by atoms with E-state index in [1.54, 1.807) is 12.1 Å². The van der Waals surface area contributed by atoms with Gasteiger partial charge in [0.1, 0.15) is 6.10 Å². The van der Waals surface area contributed by atoms with E-state index in [2.05, 4.69) is 0 Å². The monoisotopic (exact) mass is 376 g/mol. The zero-order chi connectivity index (χ0) is 19.3. The van der Waals surface area contributed by atoms with Crippen molar-refractivity contribution in [1.82, 2.24) is 0 Å².